The quantitative estimate of drug-likeness (QED) is 0.625. The normalized spacial score (nSPS) is 31.6. The lowest BCUT2D eigenvalue weighted by Gasteiger charge is -2.26. The van der Waals surface area contributed by atoms with Crippen molar-refractivity contribution in [3.8, 4) is 0 Å². The third-order valence-corrected chi connectivity index (χ3v) is 4.88. The summed E-state index contributed by atoms with van der Waals surface area (Å²) in [6.07, 6.45) is 14.3. The van der Waals surface area contributed by atoms with Gasteiger partial charge in [0.1, 0.15) is 0 Å². The molecule has 2 aliphatic rings. The fourth-order valence-electron chi connectivity index (χ4n) is 3.47. The largest absolute Gasteiger partial charge is 0.381 e. The van der Waals surface area contributed by atoms with Crippen LogP contribution in [0.25, 0.3) is 0 Å². The predicted octanol–water partition coefficient (Wildman–Crippen LogP) is 4.80. The van der Waals surface area contributed by atoms with Crippen LogP contribution in [0.5, 0.6) is 0 Å². The van der Waals surface area contributed by atoms with Crippen molar-refractivity contribution in [2.75, 3.05) is 13.2 Å². The highest BCUT2D eigenvalue weighted by molar-refractivity contribution is 4.70. The van der Waals surface area contributed by atoms with Gasteiger partial charge in [-0.2, -0.15) is 0 Å². The minimum absolute atomic E-state index is 0.884. The molecule has 0 N–H and O–H groups in total. The maximum Gasteiger partial charge on any atom is 0.0494 e. The van der Waals surface area contributed by atoms with Crippen LogP contribution in [-0.2, 0) is 4.74 Å². The Kier molecular flexibility index (Phi) is 5.84. The zero-order valence-electron chi connectivity index (χ0n) is 11.6. The molecule has 0 aromatic carbocycles. The molecule has 2 rings (SSSR count). The molecule has 100 valence electrons. The number of hydrogen-bond donors (Lipinski definition) is 0. The van der Waals surface area contributed by atoms with E-state index in [2.05, 4.69) is 6.92 Å². The van der Waals surface area contributed by atoms with Gasteiger partial charge in [0, 0.05) is 13.2 Å². The van der Waals surface area contributed by atoms with Crippen molar-refractivity contribution in [3.63, 3.8) is 0 Å². The monoisotopic (exact) mass is 238 g/mol. The third-order valence-electron chi connectivity index (χ3n) is 4.88. The first-order valence-corrected chi connectivity index (χ1v) is 7.92. The van der Waals surface area contributed by atoms with Crippen LogP contribution in [-0.4, -0.2) is 13.2 Å². The second-order valence-electron chi connectivity index (χ2n) is 6.49. The maximum absolute atomic E-state index is 5.90. The fraction of sp³-hybridized carbons (Fsp3) is 1.00. The molecule has 2 aliphatic carbocycles. The lowest BCUT2D eigenvalue weighted by Crippen LogP contribution is -2.17. The predicted molar refractivity (Wildman–Crippen MR) is 73.1 cm³/mol. The number of ether oxygens (including phenoxy) is 1. The molecular weight excluding hydrogens is 208 g/mol. The molecule has 2 saturated carbocycles. The van der Waals surface area contributed by atoms with Gasteiger partial charge in [0.25, 0.3) is 0 Å². The van der Waals surface area contributed by atoms with Gasteiger partial charge in [-0.1, -0.05) is 51.9 Å². The van der Waals surface area contributed by atoms with E-state index >= 15 is 0 Å². The van der Waals surface area contributed by atoms with Gasteiger partial charge in [-0.3, -0.25) is 0 Å². The summed E-state index contributed by atoms with van der Waals surface area (Å²) in [6, 6.07) is 0. The zero-order chi connectivity index (χ0) is 11.9. The fourth-order valence-corrected chi connectivity index (χ4v) is 3.47. The average molecular weight is 238 g/mol. The molecule has 0 spiro atoms. The van der Waals surface area contributed by atoms with E-state index in [1.54, 1.807) is 0 Å². The van der Waals surface area contributed by atoms with Gasteiger partial charge >= 0.3 is 0 Å². The van der Waals surface area contributed by atoms with Crippen LogP contribution in [0.3, 0.4) is 0 Å². The topological polar surface area (TPSA) is 9.23 Å². The molecule has 0 unspecified atom stereocenters. The Labute approximate surface area is 107 Å². The Morgan fingerprint density at radius 2 is 1.53 bits per heavy atom. The molecule has 0 aromatic heterocycles. The summed E-state index contributed by atoms with van der Waals surface area (Å²) in [6.45, 7) is 4.47. The minimum Gasteiger partial charge on any atom is -0.381 e. The Morgan fingerprint density at radius 1 is 0.824 bits per heavy atom. The van der Waals surface area contributed by atoms with Crippen LogP contribution in [0.15, 0.2) is 0 Å². The van der Waals surface area contributed by atoms with Gasteiger partial charge in [-0.15, -0.1) is 0 Å². The summed E-state index contributed by atoms with van der Waals surface area (Å²) in [5.74, 6) is 2.84. The summed E-state index contributed by atoms with van der Waals surface area (Å²) in [4.78, 5) is 0. The van der Waals surface area contributed by atoms with E-state index in [1.165, 1.54) is 64.2 Å². The van der Waals surface area contributed by atoms with Crippen molar-refractivity contribution in [2.24, 2.45) is 17.8 Å². The first kappa shape index (κ1) is 13.4. The van der Waals surface area contributed by atoms with Crippen LogP contribution < -0.4 is 0 Å². The molecule has 0 bridgehead atoms. The van der Waals surface area contributed by atoms with Crippen molar-refractivity contribution in [3.05, 3.63) is 0 Å². The van der Waals surface area contributed by atoms with Gasteiger partial charge in [0.15, 0.2) is 0 Å². The van der Waals surface area contributed by atoms with Gasteiger partial charge in [-0.25, -0.2) is 0 Å². The highest BCUT2D eigenvalue weighted by Crippen LogP contribution is 2.30. The van der Waals surface area contributed by atoms with Gasteiger partial charge < -0.3 is 4.74 Å². The molecule has 0 atom stereocenters. The second-order valence-corrected chi connectivity index (χ2v) is 6.49. The highest BCUT2D eigenvalue weighted by Gasteiger charge is 2.18. The summed E-state index contributed by atoms with van der Waals surface area (Å²) in [5, 5.41) is 0. The van der Waals surface area contributed by atoms with E-state index in [1.807, 2.05) is 0 Å². The Bertz CT molecular complexity index is 188. The smallest absolute Gasteiger partial charge is 0.0494 e. The van der Waals surface area contributed by atoms with Crippen molar-refractivity contribution in [1.29, 1.82) is 0 Å². The van der Waals surface area contributed by atoms with Gasteiger partial charge in [0.05, 0.1) is 0 Å². The van der Waals surface area contributed by atoms with Crippen molar-refractivity contribution in [1.82, 2.24) is 0 Å². The highest BCUT2D eigenvalue weighted by atomic mass is 16.5. The van der Waals surface area contributed by atoms with E-state index < -0.39 is 0 Å². The second kappa shape index (κ2) is 7.41. The van der Waals surface area contributed by atoms with Crippen LogP contribution >= 0.6 is 0 Å². The number of hydrogen-bond acceptors (Lipinski definition) is 1. The Balaban J connectivity index is 1.48. The SMILES string of the molecule is CC1CCC(CCOCC2CCCCC2)CC1. The lowest BCUT2D eigenvalue weighted by molar-refractivity contribution is 0.0708. The molecule has 2 fully saturated rings. The van der Waals surface area contributed by atoms with Crippen molar-refractivity contribution >= 4 is 0 Å². The summed E-state index contributed by atoms with van der Waals surface area (Å²) in [7, 11) is 0. The molecule has 17 heavy (non-hydrogen) atoms. The summed E-state index contributed by atoms with van der Waals surface area (Å²) < 4.78 is 5.90. The van der Waals surface area contributed by atoms with Crippen molar-refractivity contribution < 1.29 is 4.74 Å². The molecule has 0 radical (unpaired) electrons. The standard InChI is InChI=1S/C16H30O/c1-14-7-9-15(10-8-14)11-12-17-13-16-5-3-2-4-6-16/h14-16H,2-13H2,1H3. The maximum atomic E-state index is 5.90. The molecule has 1 heteroatoms. The summed E-state index contributed by atoms with van der Waals surface area (Å²) >= 11 is 0. The van der Waals surface area contributed by atoms with E-state index in [9.17, 15) is 0 Å². The van der Waals surface area contributed by atoms with E-state index in [0.29, 0.717) is 0 Å². The molecule has 0 aromatic rings. The third kappa shape index (κ3) is 4.99. The molecule has 0 saturated heterocycles. The molecular formula is C16H30O. The van der Waals surface area contributed by atoms with Gasteiger partial charge in [0.2, 0.25) is 0 Å². The summed E-state index contributed by atoms with van der Waals surface area (Å²) in [5.41, 5.74) is 0. The van der Waals surface area contributed by atoms with E-state index in [0.717, 1.165) is 31.0 Å². The van der Waals surface area contributed by atoms with Crippen LogP contribution in [0.4, 0.5) is 0 Å². The van der Waals surface area contributed by atoms with Gasteiger partial charge in [-0.05, 0) is 37.0 Å². The molecule has 0 amide bonds. The Hall–Kier alpha value is -0.0400. The van der Waals surface area contributed by atoms with Crippen molar-refractivity contribution in [2.45, 2.75) is 71.1 Å². The average Bonchev–Trinajstić information content (AvgIpc) is 2.38. The molecule has 1 nitrogen and oxygen atoms in total. The first-order valence-electron chi connectivity index (χ1n) is 7.92. The van der Waals surface area contributed by atoms with Crippen LogP contribution in [0.1, 0.15) is 71.1 Å². The van der Waals surface area contributed by atoms with Crippen LogP contribution in [0, 0.1) is 17.8 Å². The number of rotatable bonds is 5. The Morgan fingerprint density at radius 3 is 2.24 bits per heavy atom. The lowest BCUT2D eigenvalue weighted by atomic mass is 9.82. The molecule has 0 aliphatic heterocycles. The first-order chi connectivity index (χ1) is 8.34. The zero-order valence-corrected chi connectivity index (χ0v) is 11.6. The molecule has 0 heterocycles. The van der Waals surface area contributed by atoms with E-state index in [4.69, 9.17) is 4.74 Å². The van der Waals surface area contributed by atoms with Crippen LogP contribution in [0.2, 0.25) is 0 Å². The van der Waals surface area contributed by atoms with E-state index in [-0.39, 0.29) is 0 Å². The minimum atomic E-state index is 0.884.